The number of halogens is 2. The predicted octanol–water partition coefficient (Wildman–Crippen LogP) is 3.86. The maximum Gasteiger partial charge on any atom is 0.164 e. The van der Waals surface area contributed by atoms with Crippen molar-refractivity contribution in [3.05, 3.63) is 53.4 Å². The molecule has 96 valence electrons. The first-order valence-corrected chi connectivity index (χ1v) is 6.85. The monoisotopic (exact) mass is 291 g/mol. The van der Waals surface area contributed by atoms with Gasteiger partial charge >= 0.3 is 0 Å². The second kappa shape index (κ2) is 5.19. The highest BCUT2D eigenvalue weighted by Crippen LogP contribution is 2.22. The van der Waals surface area contributed by atoms with E-state index in [1.807, 2.05) is 41.0 Å². The molecule has 5 heteroatoms. The molecule has 0 fully saturated rings. The van der Waals surface area contributed by atoms with Crippen LogP contribution in [-0.4, -0.2) is 20.4 Å². The molecular weight excluding hydrogens is 281 g/mol. The van der Waals surface area contributed by atoms with Crippen molar-refractivity contribution in [1.29, 1.82) is 0 Å². The number of fused-ring (bicyclic) bond motifs is 1. The van der Waals surface area contributed by atoms with Gasteiger partial charge in [0, 0.05) is 24.2 Å². The van der Waals surface area contributed by atoms with E-state index in [9.17, 15) is 0 Å². The molecule has 0 spiro atoms. The minimum Gasteiger partial charge on any atom is -0.281 e. The van der Waals surface area contributed by atoms with E-state index >= 15 is 0 Å². The summed E-state index contributed by atoms with van der Waals surface area (Å²) in [5, 5.41) is 0.586. The van der Waals surface area contributed by atoms with E-state index in [-0.39, 0.29) is 0 Å². The molecule has 3 nitrogen and oxygen atoms in total. The second-order valence-electron chi connectivity index (χ2n) is 4.13. The van der Waals surface area contributed by atoms with Crippen LogP contribution in [0.25, 0.3) is 16.9 Å². The Morgan fingerprint density at radius 1 is 1.16 bits per heavy atom. The SMILES string of the molecule is ClCCc1nc2cc(Cl)cnc2n1-c1ccccc1. The van der Waals surface area contributed by atoms with Crippen LogP contribution in [0.4, 0.5) is 0 Å². The lowest BCUT2D eigenvalue weighted by molar-refractivity contribution is 0.905. The number of nitrogens with zero attached hydrogens (tertiary/aromatic N) is 3. The Balaban J connectivity index is 2.28. The number of para-hydroxylation sites is 1. The van der Waals surface area contributed by atoms with Crippen molar-refractivity contribution < 1.29 is 0 Å². The lowest BCUT2D eigenvalue weighted by Gasteiger charge is -2.07. The number of aryl methyl sites for hydroxylation is 1. The zero-order valence-corrected chi connectivity index (χ0v) is 11.6. The molecule has 0 N–H and O–H groups in total. The Hall–Kier alpha value is -1.58. The van der Waals surface area contributed by atoms with Crippen LogP contribution in [0.15, 0.2) is 42.6 Å². The Labute approximate surface area is 120 Å². The lowest BCUT2D eigenvalue weighted by Crippen LogP contribution is -2.02. The summed E-state index contributed by atoms with van der Waals surface area (Å²) in [6.07, 6.45) is 2.32. The average molecular weight is 292 g/mol. The third-order valence-corrected chi connectivity index (χ3v) is 3.26. The zero-order valence-electron chi connectivity index (χ0n) is 10.1. The van der Waals surface area contributed by atoms with E-state index in [1.54, 1.807) is 6.20 Å². The van der Waals surface area contributed by atoms with E-state index in [4.69, 9.17) is 23.2 Å². The van der Waals surface area contributed by atoms with Crippen molar-refractivity contribution >= 4 is 34.4 Å². The molecule has 0 aliphatic carbocycles. The molecule has 0 saturated carbocycles. The van der Waals surface area contributed by atoms with Gasteiger partial charge in [-0.2, -0.15) is 0 Å². The summed E-state index contributed by atoms with van der Waals surface area (Å²) in [7, 11) is 0. The fourth-order valence-corrected chi connectivity index (χ4v) is 2.41. The molecule has 0 aliphatic rings. The quantitative estimate of drug-likeness (QED) is 0.686. The highest BCUT2D eigenvalue weighted by molar-refractivity contribution is 6.31. The van der Waals surface area contributed by atoms with E-state index in [2.05, 4.69) is 9.97 Å². The maximum atomic E-state index is 5.97. The van der Waals surface area contributed by atoms with E-state index in [1.165, 1.54) is 0 Å². The number of pyridine rings is 1. The third kappa shape index (κ3) is 2.31. The molecule has 0 amide bonds. The van der Waals surface area contributed by atoms with Crippen LogP contribution < -0.4 is 0 Å². The minimum atomic E-state index is 0.518. The first-order chi connectivity index (χ1) is 9.29. The number of hydrogen-bond donors (Lipinski definition) is 0. The highest BCUT2D eigenvalue weighted by Gasteiger charge is 2.13. The fraction of sp³-hybridized carbons (Fsp3) is 0.143. The molecule has 3 rings (SSSR count). The summed E-state index contributed by atoms with van der Waals surface area (Å²) in [6, 6.07) is 11.8. The molecule has 1 aromatic carbocycles. The number of imidazole rings is 1. The third-order valence-electron chi connectivity index (χ3n) is 2.87. The predicted molar refractivity (Wildman–Crippen MR) is 78.3 cm³/mol. The van der Waals surface area contributed by atoms with Gasteiger partial charge in [-0.05, 0) is 18.2 Å². The van der Waals surface area contributed by atoms with E-state index in [0.717, 1.165) is 22.7 Å². The number of aromatic nitrogens is 3. The summed E-state index contributed by atoms with van der Waals surface area (Å²) in [5.41, 5.74) is 2.62. The summed E-state index contributed by atoms with van der Waals surface area (Å²) in [4.78, 5) is 8.96. The maximum absolute atomic E-state index is 5.97. The summed E-state index contributed by atoms with van der Waals surface area (Å²) < 4.78 is 2.02. The van der Waals surface area contributed by atoms with Crippen molar-refractivity contribution in [3.63, 3.8) is 0 Å². The summed E-state index contributed by atoms with van der Waals surface area (Å²) >= 11 is 11.8. The number of hydrogen-bond acceptors (Lipinski definition) is 2. The summed E-state index contributed by atoms with van der Waals surface area (Å²) in [6.45, 7) is 0. The minimum absolute atomic E-state index is 0.518. The molecule has 3 aromatic rings. The molecule has 0 saturated heterocycles. The molecule has 2 heterocycles. The Morgan fingerprint density at radius 2 is 1.95 bits per heavy atom. The van der Waals surface area contributed by atoms with Crippen LogP contribution >= 0.6 is 23.2 Å². The van der Waals surface area contributed by atoms with Crippen molar-refractivity contribution in [1.82, 2.24) is 14.5 Å². The molecule has 0 atom stereocenters. The van der Waals surface area contributed by atoms with Gasteiger partial charge in [-0.3, -0.25) is 4.57 Å². The Bertz CT molecular complexity index is 707. The summed E-state index contributed by atoms with van der Waals surface area (Å²) in [5.74, 6) is 1.41. The average Bonchev–Trinajstić information content (AvgIpc) is 2.77. The van der Waals surface area contributed by atoms with Crippen molar-refractivity contribution in [2.75, 3.05) is 5.88 Å². The first kappa shape index (κ1) is 12.5. The van der Waals surface area contributed by atoms with Gasteiger partial charge in [0.1, 0.15) is 11.3 Å². The highest BCUT2D eigenvalue weighted by atomic mass is 35.5. The van der Waals surface area contributed by atoms with Gasteiger partial charge in [-0.15, -0.1) is 11.6 Å². The van der Waals surface area contributed by atoms with Gasteiger partial charge in [0.25, 0.3) is 0 Å². The molecule has 0 bridgehead atoms. The van der Waals surface area contributed by atoms with Crippen molar-refractivity contribution in [2.24, 2.45) is 0 Å². The first-order valence-electron chi connectivity index (χ1n) is 5.94. The smallest absolute Gasteiger partial charge is 0.164 e. The largest absolute Gasteiger partial charge is 0.281 e. The van der Waals surface area contributed by atoms with E-state index in [0.29, 0.717) is 17.3 Å². The molecule has 0 aliphatic heterocycles. The van der Waals surface area contributed by atoms with Crippen LogP contribution in [0, 0.1) is 0 Å². The van der Waals surface area contributed by atoms with Crippen LogP contribution in [0.2, 0.25) is 5.02 Å². The normalized spacial score (nSPS) is 11.1. The van der Waals surface area contributed by atoms with E-state index < -0.39 is 0 Å². The number of alkyl halides is 1. The van der Waals surface area contributed by atoms with Gasteiger partial charge in [-0.25, -0.2) is 9.97 Å². The molecule has 2 aromatic heterocycles. The Kier molecular flexibility index (Phi) is 3.40. The van der Waals surface area contributed by atoms with Gasteiger partial charge in [0.05, 0.1) is 5.02 Å². The van der Waals surface area contributed by atoms with Crippen LogP contribution in [0.3, 0.4) is 0 Å². The second-order valence-corrected chi connectivity index (χ2v) is 4.95. The van der Waals surface area contributed by atoms with Crippen LogP contribution in [0.1, 0.15) is 5.82 Å². The molecular formula is C14H11Cl2N3. The molecule has 19 heavy (non-hydrogen) atoms. The lowest BCUT2D eigenvalue weighted by atomic mass is 10.3. The van der Waals surface area contributed by atoms with Gasteiger partial charge in [0.2, 0.25) is 0 Å². The van der Waals surface area contributed by atoms with Crippen molar-refractivity contribution in [3.8, 4) is 5.69 Å². The molecule has 0 unspecified atom stereocenters. The standard InChI is InChI=1S/C14H11Cl2N3/c15-7-6-13-18-12-8-10(16)9-17-14(12)19(13)11-4-2-1-3-5-11/h1-5,8-9H,6-7H2. The topological polar surface area (TPSA) is 30.7 Å². The Morgan fingerprint density at radius 3 is 2.68 bits per heavy atom. The fourth-order valence-electron chi connectivity index (χ4n) is 2.09. The number of benzene rings is 1. The van der Waals surface area contributed by atoms with Gasteiger partial charge in [-0.1, -0.05) is 29.8 Å². The van der Waals surface area contributed by atoms with Gasteiger partial charge < -0.3 is 0 Å². The number of rotatable bonds is 3. The van der Waals surface area contributed by atoms with Gasteiger partial charge in [0.15, 0.2) is 5.65 Å². The van der Waals surface area contributed by atoms with Crippen molar-refractivity contribution in [2.45, 2.75) is 6.42 Å². The van der Waals surface area contributed by atoms with Crippen LogP contribution in [0.5, 0.6) is 0 Å². The zero-order chi connectivity index (χ0) is 13.2. The van der Waals surface area contributed by atoms with Crippen LogP contribution in [-0.2, 0) is 6.42 Å². The molecule has 0 radical (unpaired) electrons.